The molecule has 0 heterocycles. The van der Waals surface area contributed by atoms with E-state index in [0.717, 1.165) is 19.3 Å². The highest BCUT2D eigenvalue weighted by Gasteiger charge is 2.10. The van der Waals surface area contributed by atoms with E-state index in [2.05, 4.69) is 6.92 Å². The van der Waals surface area contributed by atoms with E-state index in [9.17, 15) is 0 Å². The van der Waals surface area contributed by atoms with Gasteiger partial charge in [0.1, 0.15) is 0 Å². The van der Waals surface area contributed by atoms with Crippen molar-refractivity contribution in [1.29, 1.82) is 0 Å². The Bertz CT molecular complexity index is 100. The molecule has 0 fully saturated rings. The van der Waals surface area contributed by atoms with Crippen molar-refractivity contribution in [3.8, 4) is 0 Å². The molecule has 0 amide bonds. The summed E-state index contributed by atoms with van der Waals surface area (Å²) in [4.78, 5) is 9.14. The molecule has 0 aromatic heterocycles. The minimum absolute atomic E-state index is 0.104. The van der Waals surface area contributed by atoms with Crippen LogP contribution in [0.3, 0.4) is 0 Å². The van der Waals surface area contributed by atoms with Gasteiger partial charge in [-0.15, -0.1) is 0 Å². The monoisotopic (exact) mass is 194 g/mol. The molecule has 0 aromatic rings. The summed E-state index contributed by atoms with van der Waals surface area (Å²) in [5.41, 5.74) is 0. The van der Waals surface area contributed by atoms with Gasteiger partial charge in [-0.25, -0.2) is 0 Å². The normalized spacial score (nSPS) is 16.0. The molecular formula is C8H19O3P. The quantitative estimate of drug-likeness (QED) is 0.633. The lowest BCUT2D eigenvalue weighted by molar-refractivity contribution is 0.150. The summed E-state index contributed by atoms with van der Waals surface area (Å²) >= 11 is 0. The van der Waals surface area contributed by atoms with Gasteiger partial charge in [-0.1, -0.05) is 19.8 Å². The second-order valence-corrected chi connectivity index (χ2v) is 3.66. The molecule has 74 valence electrons. The zero-order valence-electron chi connectivity index (χ0n) is 8.12. The molecule has 0 aliphatic rings. The molecule has 4 heteroatoms. The Balaban J connectivity index is 3.33. The molecule has 0 radical (unpaired) electrons. The molecule has 0 spiro atoms. The van der Waals surface area contributed by atoms with E-state index in [4.69, 9.17) is 13.9 Å². The fraction of sp³-hybridized carbons (Fsp3) is 1.00. The summed E-state index contributed by atoms with van der Waals surface area (Å²) in [5.74, 6) is 0. The maximum absolute atomic E-state index is 9.14. The number of hydrogen-bond acceptors (Lipinski definition) is 3. The minimum atomic E-state index is -1.64. The lowest BCUT2D eigenvalue weighted by Crippen LogP contribution is -2.05. The van der Waals surface area contributed by atoms with Crippen LogP contribution < -0.4 is 0 Å². The SMILES string of the molecule is CCCCC(C)OP(O)OCC. The van der Waals surface area contributed by atoms with Gasteiger partial charge >= 0.3 is 8.60 Å². The van der Waals surface area contributed by atoms with E-state index >= 15 is 0 Å². The maximum Gasteiger partial charge on any atom is 0.330 e. The lowest BCUT2D eigenvalue weighted by Gasteiger charge is -2.15. The first kappa shape index (κ1) is 12.3. The van der Waals surface area contributed by atoms with Gasteiger partial charge in [0, 0.05) is 0 Å². The fourth-order valence-corrected chi connectivity index (χ4v) is 1.53. The Labute approximate surface area is 76.1 Å². The summed E-state index contributed by atoms with van der Waals surface area (Å²) in [6.07, 6.45) is 3.39. The van der Waals surface area contributed by atoms with Gasteiger partial charge in [0.05, 0.1) is 12.7 Å². The highest BCUT2D eigenvalue weighted by atomic mass is 31.2. The van der Waals surface area contributed by atoms with E-state index in [0.29, 0.717) is 6.61 Å². The van der Waals surface area contributed by atoms with Crippen molar-refractivity contribution in [2.75, 3.05) is 6.61 Å². The van der Waals surface area contributed by atoms with Crippen molar-refractivity contribution < 1.29 is 13.9 Å². The minimum Gasteiger partial charge on any atom is -0.328 e. The van der Waals surface area contributed by atoms with Gasteiger partial charge in [-0.2, -0.15) is 0 Å². The first-order chi connectivity index (χ1) is 5.70. The molecule has 2 atom stereocenters. The largest absolute Gasteiger partial charge is 0.330 e. The Morgan fingerprint density at radius 1 is 1.42 bits per heavy atom. The Morgan fingerprint density at radius 3 is 2.58 bits per heavy atom. The first-order valence-electron chi connectivity index (χ1n) is 4.49. The van der Waals surface area contributed by atoms with Crippen LogP contribution in [0.1, 0.15) is 40.0 Å². The highest BCUT2D eigenvalue weighted by molar-refractivity contribution is 7.40. The molecular weight excluding hydrogens is 175 g/mol. The third kappa shape index (κ3) is 6.99. The second kappa shape index (κ2) is 7.93. The zero-order chi connectivity index (χ0) is 9.40. The van der Waals surface area contributed by atoms with Crippen LogP contribution in [-0.2, 0) is 9.05 Å². The Hall–Kier alpha value is 0.310. The average molecular weight is 194 g/mol. The van der Waals surface area contributed by atoms with Crippen molar-refractivity contribution in [2.24, 2.45) is 0 Å². The van der Waals surface area contributed by atoms with Crippen LogP contribution in [0.15, 0.2) is 0 Å². The van der Waals surface area contributed by atoms with Crippen LogP contribution in [0.2, 0.25) is 0 Å². The summed E-state index contributed by atoms with van der Waals surface area (Å²) in [7, 11) is -1.64. The lowest BCUT2D eigenvalue weighted by atomic mass is 10.2. The third-order valence-corrected chi connectivity index (χ3v) is 2.49. The maximum atomic E-state index is 9.14. The predicted octanol–water partition coefficient (Wildman–Crippen LogP) is 2.84. The number of hydrogen-bond donors (Lipinski definition) is 1. The van der Waals surface area contributed by atoms with E-state index in [1.807, 2.05) is 13.8 Å². The van der Waals surface area contributed by atoms with E-state index in [1.165, 1.54) is 0 Å². The van der Waals surface area contributed by atoms with Crippen LogP contribution in [-0.4, -0.2) is 17.6 Å². The smallest absolute Gasteiger partial charge is 0.328 e. The Kier molecular flexibility index (Phi) is 8.14. The van der Waals surface area contributed by atoms with Crippen molar-refractivity contribution in [2.45, 2.75) is 46.1 Å². The molecule has 0 saturated carbocycles. The predicted molar refractivity (Wildman–Crippen MR) is 50.8 cm³/mol. The van der Waals surface area contributed by atoms with Crippen molar-refractivity contribution in [1.82, 2.24) is 0 Å². The average Bonchev–Trinajstić information content (AvgIpc) is 2.01. The summed E-state index contributed by atoms with van der Waals surface area (Å²) < 4.78 is 10.1. The summed E-state index contributed by atoms with van der Waals surface area (Å²) in [6.45, 7) is 6.44. The zero-order valence-corrected chi connectivity index (χ0v) is 9.01. The Morgan fingerprint density at radius 2 is 2.08 bits per heavy atom. The van der Waals surface area contributed by atoms with Crippen molar-refractivity contribution in [3.63, 3.8) is 0 Å². The molecule has 0 aromatic carbocycles. The van der Waals surface area contributed by atoms with E-state index < -0.39 is 8.60 Å². The topological polar surface area (TPSA) is 38.7 Å². The first-order valence-corrected chi connectivity index (χ1v) is 5.62. The van der Waals surface area contributed by atoms with Crippen molar-refractivity contribution in [3.05, 3.63) is 0 Å². The molecule has 0 aliphatic carbocycles. The van der Waals surface area contributed by atoms with Gasteiger partial charge in [0.2, 0.25) is 0 Å². The highest BCUT2D eigenvalue weighted by Crippen LogP contribution is 2.34. The molecule has 0 rings (SSSR count). The van der Waals surface area contributed by atoms with Crippen LogP contribution in [0.5, 0.6) is 0 Å². The molecule has 12 heavy (non-hydrogen) atoms. The molecule has 0 bridgehead atoms. The number of unbranched alkanes of at least 4 members (excludes halogenated alkanes) is 1. The standard InChI is InChI=1S/C8H19O3P/c1-4-6-7-8(3)11-12(9)10-5-2/h8-9H,4-7H2,1-3H3. The second-order valence-electron chi connectivity index (χ2n) is 2.71. The fourth-order valence-electron chi connectivity index (χ4n) is 0.839. The molecule has 1 N–H and O–H groups in total. The molecule has 0 saturated heterocycles. The van der Waals surface area contributed by atoms with Gasteiger partial charge in [0.15, 0.2) is 0 Å². The summed E-state index contributed by atoms with van der Waals surface area (Å²) in [5, 5.41) is 0. The molecule has 3 nitrogen and oxygen atoms in total. The van der Waals surface area contributed by atoms with Crippen LogP contribution >= 0.6 is 8.60 Å². The van der Waals surface area contributed by atoms with Gasteiger partial charge in [0.25, 0.3) is 0 Å². The molecule has 2 unspecified atom stereocenters. The van der Waals surface area contributed by atoms with Crippen LogP contribution in [0.4, 0.5) is 0 Å². The van der Waals surface area contributed by atoms with Crippen LogP contribution in [0, 0.1) is 0 Å². The van der Waals surface area contributed by atoms with Gasteiger partial charge in [-0.05, 0) is 20.3 Å². The molecule has 0 aliphatic heterocycles. The summed E-state index contributed by atoms with van der Waals surface area (Å²) in [6, 6.07) is 0. The van der Waals surface area contributed by atoms with E-state index in [1.54, 1.807) is 0 Å². The van der Waals surface area contributed by atoms with Crippen LogP contribution in [0.25, 0.3) is 0 Å². The number of rotatable bonds is 7. The van der Waals surface area contributed by atoms with Gasteiger partial charge < -0.3 is 13.9 Å². The van der Waals surface area contributed by atoms with Crippen molar-refractivity contribution >= 4 is 8.60 Å². The third-order valence-electron chi connectivity index (χ3n) is 1.47. The van der Waals surface area contributed by atoms with Gasteiger partial charge in [-0.3, -0.25) is 0 Å². The van der Waals surface area contributed by atoms with E-state index in [-0.39, 0.29) is 6.10 Å².